The fourth-order valence-electron chi connectivity index (χ4n) is 0.562. The van der Waals surface area contributed by atoms with E-state index in [1.807, 2.05) is 12.2 Å². The summed E-state index contributed by atoms with van der Waals surface area (Å²) in [5.41, 5.74) is 1.13. The Kier molecular flexibility index (Phi) is 8.00. The summed E-state index contributed by atoms with van der Waals surface area (Å²) < 4.78 is 0. The van der Waals surface area contributed by atoms with Gasteiger partial charge in [-0.25, -0.2) is 0 Å². The van der Waals surface area contributed by atoms with Gasteiger partial charge in [-0.15, -0.1) is 6.08 Å². The molecule has 0 aromatic rings. The maximum absolute atomic E-state index is 4.97. The molecule has 1 rings (SSSR count). The van der Waals surface area contributed by atoms with Crippen molar-refractivity contribution >= 4 is 27.9 Å². The third-order valence-electron chi connectivity index (χ3n) is 0.941. The van der Waals surface area contributed by atoms with Gasteiger partial charge in [0.15, 0.2) is 0 Å². The Hall–Kier alpha value is 0.804. The van der Waals surface area contributed by atoms with Gasteiger partial charge in [-0.3, -0.25) is 0 Å². The Morgan fingerprint density at radius 1 is 1.55 bits per heavy atom. The summed E-state index contributed by atoms with van der Waals surface area (Å²) in [7, 11) is 14.9. The van der Waals surface area contributed by atoms with Crippen molar-refractivity contribution in [3.05, 3.63) is 36.5 Å². The molecule has 0 unspecified atom stereocenters. The van der Waals surface area contributed by atoms with Crippen LogP contribution in [-0.4, -0.2) is 0 Å². The van der Waals surface area contributed by atoms with E-state index in [1.165, 1.54) is 0 Å². The van der Waals surface area contributed by atoms with Gasteiger partial charge < -0.3 is 0 Å². The van der Waals surface area contributed by atoms with E-state index in [9.17, 15) is 0 Å². The number of hydrogen-bond donors (Lipinski definition) is 0. The zero-order valence-electron chi connectivity index (χ0n) is 5.78. The average molecular weight is 245 g/mol. The second-order valence-corrected chi connectivity index (χ2v) is 9.39. The van der Waals surface area contributed by atoms with Gasteiger partial charge in [-0.2, -0.15) is 30.4 Å². The van der Waals surface area contributed by atoms with Gasteiger partial charge in [0.05, 0.1) is 0 Å². The molecule has 0 aliphatic heterocycles. The molecule has 0 fully saturated rings. The second-order valence-electron chi connectivity index (χ2n) is 1.66. The summed E-state index contributed by atoms with van der Waals surface area (Å²) in [6.07, 6.45) is 9.95. The number of hydrogen-bond acceptors (Lipinski definition) is 0. The van der Waals surface area contributed by atoms with Crippen molar-refractivity contribution in [3.8, 4) is 0 Å². The van der Waals surface area contributed by atoms with E-state index in [0.29, 0.717) is 0 Å². The molecule has 0 atom stereocenters. The van der Waals surface area contributed by atoms with Crippen molar-refractivity contribution in [1.82, 2.24) is 0 Å². The van der Waals surface area contributed by atoms with Crippen LogP contribution in [0.25, 0.3) is 0 Å². The van der Waals surface area contributed by atoms with Gasteiger partial charge in [0, 0.05) is 0 Å². The van der Waals surface area contributed by atoms with Crippen LogP contribution in [0, 0.1) is 6.08 Å². The topological polar surface area (TPSA) is 0 Å². The molecule has 0 amide bonds. The molecule has 1 aliphatic carbocycles. The van der Waals surface area contributed by atoms with Crippen LogP contribution in [0.4, 0.5) is 0 Å². The molecule has 0 N–H and O–H groups in total. The normalized spacial score (nSPS) is 13.2. The fourth-order valence-corrected chi connectivity index (χ4v) is 0.562. The van der Waals surface area contributed by atoms with Gasteiger partial charge in [0.2, 0.25) is 0 Å². The molecule has 0 aromatic heterocycles. The maximum atomic E-state index is 4.97. The zero-order chi connectivity index (χ0) is 8.69. The summed E-state index contributed by atoms with van der Waals surface area (Å²) in [5.74, 6) is 0. The molecule has 0 aromatic carbocycles. The molecule has 0 saturated carbocycles. The fraction of sp³-hybridized carbons (Fsp3) is 0.143. The van der Waals surface area contributed by atoms with Gasteiger partial charge in [-0.1, -0.05) is 6.42 Å². The Labute approximate surface area is 85.0 Å². The second kappa shape index (κ2) is 7.45. The molecular weight excluding hydrogens is 238 g/mol. The van der Waals surface area contributed by atoms with Crippen molar-refractivity contribution in [2.75, 3.05) is 0 Å². The van der Waals surface area contributed by atoms with E-state index in [-0.39, 0.29) is 0 Å². The predicted molar refractivity (Wildman–Crippen MR) is 48.3 cm³/mol. The zero-order valence-corrected chi connectivity index (χ0v) is 9.61. The summed E-state index contributed by atoms with van der Waals surface area (Å²) >= 11 is -1.92. The SMILES string of the molecule is C=CC1=[C-]CC=C1.[Cl][Ti+]([Cl])[Cl]. The van der Waals surface area contributed by atoms with Crippen molar-refractivity contribution in [2.24, 2.45) is 0 Å². The molecule has 0 heterocycles. The van der Waals surface area contributed by atoms with Crippen molar-refractivity contribution < 1.29 is 14.7 Å². The van der Waals surface area contributed by atoms with Crippen LogP contribution < -0.4 is 0 Å². The minimum absolute atomic E-state index is 0.960. The van der Waals surface area contributed by atoms with E-state index in [4.69, 9.17) is 27.9 Å². The van der Waals surface area contributed by atoms with Crippen molar-refractivity contribution in [2.45, 2.75) is 6.42 Å². The quantitative estimate of drug-likeness (QED) is 0.485. The van der Waals surface area contributed by atoms with Crippen LogP contribution in [0.2, 0.25) is 0 Å². The summed E-state index contributed by atoms with van der Waals surface area (Å²) in [5, 5.41) is 0. The Morgan fingerprint density at radius 2 is 2.09 bits per heavy atom. The molecule has 1 aliphatic rings. The molecule has 4 heteroatoms. The molecule has 0 bridgehead atoms. The molecule has 60 valence electrons. The van der Waals surface area contributed by atoms with Crippen molar-refractivity contribution in [3.63, 3.8) is 0 Å². The standard InChI is InChI=1S/C7H7.3ClH.Ti/c1-2-7-5-3-4-6-7;;;;/h2-3,5H,1,4H2;3*1H;/q-1;;;;+4/p-3. The average Bonchev–Trinajstić information content (AvgIpc) is 2.36. The van der Waals surface area contributed by atoms with Crippen LogP contribution in [-0.2, 0) is 14.7 Å². The third-order valence-corrected chi connectivity index (χ3v) is 0.941. The van der Waals surface area contributed by atoms with E-state index in [1.54, 1.807) is 0 Å². The Balaban J connectivity index is 0.000000218. The first kappa shape index (κ1) is 11.8. The monoisotopic (exact) mass is 244 g/mol. The minimum atomic E-state index is -1.92. The molecule has 0 spiro atoms. The first-order valence-electron chi connectivity index (χ1n) is 2.90. The number of allylic oxidation sites excluding steroid dienone is 5. The first-order chi connectivity index (χ1) is 5.16. The van der Waals surface area contributed by atoms with Gasteiger partial charge in [0.1, 0.15) is 0 Å². The predicted octanol–water partition coefficient (Wildman–Crippen LogP) is 3.93. The van der Waals surface area contributed by atoms with Gasteiger partial charge in [-0.05, 0) is 0 Å². The number of rotatable bonds is 1. The number of halogens is 3. The third kappa shape index (κ3) is 8.71. The molecule has 0 radical (unpaired) electrons. The summed E-state index contributed by atoms with van der Waals surface area (Å²) in [6, 6.07) is 0. The molecule has 0 nitrogen and oxygen atoms in total. The first-order valence-corrected chi connectivity index (χ1v) is 9.34. The van der Waals surface area contributed by atoms with Gasteiger partial charge >= 0.3 is 42.6 Å². The van der Waals surface area contributed by atoms with E-state index >= 15 is 0 Å². The van der Waals surface area contributed by atoms with Crippen LogP contribution in [0.15, 0.2) is 30.4 Å². The van der Waals surface area contributed by atoms with E-state index in [2.05, 4.69) is 18.7 Å². The van der Waals surface area contributed by atoms with Crippen LogP contribution in [0.3, 0.4) is 0 Å². The molecule has 0 saturated heterocycles. The molecular formula is C7H7Cl3Ti. The van der Waals surface area contributed by atoms with E-state index < -0.39 is 14.7 Å². The van der Waals surface area contributed by atoms with Crippen LogP contribution in [0.1, 0.15) is 6.42 Å². The van der Waals surface area contributed by atoms with Crippen LogP contribution >= 0.6 is 27.9 Å². The van der Waals surface area contributed by atoms with Crippen molar-refractivity contribution in [1.29, 1.82) is 0 Å². The van der Waals surface area contributed by atoms with Crippen LogP contribution in [0.5, 0.6) is 0 Å². The Morgan fingerprint density at radius 3 is 2.27 bits per heavy atom. The summed E-state index contributed by atoms with van der Waals surface area (Å²) in [6.45, 7) is 3.59. The Bertz CT molecular complexity index is 170. The van der Waals surface area contributed by atoms with Gasteiger partial charge in [0.25, 0.3) is 0 Å². The summed E-state index contributed by atoms with van der Waals surface area (Å²) in [4.78, 5) is 0. The molecule has 11 heavy (non-hydrogen) atoms. The van der Waals surface area contributed by atoms with E-state index in [0.717, 1.165) is 12.0 Å².